The van der Waals surface area contributed by atoms with E-state index in [1.807, 2.05) is 4.90 Å². The summed E-state index contributed by atoms with van der Waals surface area (Å²) in [6, 6.07) is 4.19. The molecule has 3 aliphatic rings. The number of thiophene rings is 1. The minimum atomic E-state index is -3.48. The van der Waals surface area contributed by atoms with Crippen LogP contribution in [0.5, 0.6) is 0 Å². The van der Waals surface area contributed by atoms with E-state index in [-0.39, 0.29) is 5.91 Å². The largest absolute Gasteiger partial charge is 0.336 e. The normalized spacial score (nSPS) is 28.3. The minimum absolute atomic E-state index is 0.0296. The van der Waals surface area contributed by atoms with Crippen LogP contribution in [0.15, 0.2) is 16.3 Å². The molecule has 3 saturated heterocycles. The summed E-state index contributed by atoms with van der Waals surface area (Å²) in [6.07, 6.45) is 5.10. The molecule has 1 aromatic heterocycles. The lowest BCUT2D eigenvalue weighted by atomic mass is 10.0. The fraction of sp³-hybridized carbons (Fsp3) is 0.722. The molecule has 26 heavy (non-hydrogen) atoms. The standard InChI is InChI=1S/C18H27N3O3S2/c1-13-6-10-21(11-7-13)26(23,24)17-5-4-16(25-17)18(22)20-9-8-14-2-3-15(12-20)19-14/h4-5,13-15,19H,2-3,6-12H2,1H3. The van der Waals surface area contributed by atoms with Gasteiger partial charge in [-0.15, -0.1) is 11.3 Å². The lowest BCUT2D eigenvalue weighted by Gasteiger charge is -2.28. The van der Waals surface area contributed by atoms with Gasteiger partial charge in [0.05, 0.1) is 4.88 Å². The summed E-state index contributed by atoms with van der Waals surface area (Å²) in [5.74, 6) is 0.548. The average molecular weight is 398 g/mol. The fourth-order valence-electron chi connectivity index (χ4n) is 4.21. The molecule has 1 aromatic rings. The Hall–Kier alpha value is -0.960. The first-order valence-corrected chi connectivity index (χ1v) is 11.8. The maximum absolute atomic E-state index is 12.9. The molecule has 3 aliphatic heterocycles. The van der Waals surface area contributed by atoms with E-state index in [0.29, 0.717) is 40.2 Å². The smallest absolute Gasteiger partial charge is 0.264 e. The molecule has 2 unspecified atom stereocenters. The molecule has 4 heterocycles. The monoisotopic (exact) mass is 397 g/mol. The second-order valence-electron chi connectivity index (χ2n) is 7.88. The quantitative estimate of drug-likeness (QED) is 0.848. The van der Waals surface area contributed by atoms with Crippen molar-refractivity contribution < 1.29 is 13.2 Å². The van der Waals surface area contributed by atoms with Gasteiger partial charge in [0.25, 0.3) is 15.9 Å². The number of nitrogens with zero attached hydrogens (tertiary/aromatic N) is 2. The van der Waals surface area contributed by atoms with E-state index in [1.54, 1.807) is 16.4 Å². The van der Waals surface area contributed by atoms with Crippen molar-refractivity contribution in [3.63, 3.8) is 0 Å². The Balaban J connectivity index is 1.47. The van der Waals surface area contributed by atoms with E-state index >= 15 is 0 Å². The average Bonchev–Trinajstić information content (AvgIpc) is 3.22. The van der Waals surface area contributed by atoms with Crippen LogP contribution in [0.25, 0.3) is 0 Å². The molecule has 144 valence electrons. The van der Waals surface area contributed by atoms with Crippen molar-refractivity contribution in [2.75, 3.05) is 26.2 Å². The SMILES string of the molecule is CC1CCN(S(=O)(=O)c2ccc(C(=O)N3CCC4CCC(C3)N4)s2)CC1. The number of sulfonamides is 1. The van der Waals surface area contributed by atoms with Crippen LogP contribution in [0.1, 0.15) is 48.7 Å². The molecule has 4 rings (SSSR count). The Kier molecular flexibility index (Phi) is 5.11. The molecule has 0 aromatic carbocycles. The Morgan fingerprint density at radius 3 is 2.58 bits per heavy atom. The van der Waals surface area contributed by atoms with Crippen LogP contribution >= 0.6 is 11.3 Å². The number of carbonyl (C=O) groups is 1. The van der Waals surface area contributed by atoms with Gasteiger partial charge in [-0.3, -0.25) is 4.79 Å². The van der Waals surface area contributed by atoms with Gasteiger partial charge in [0.1, 0.15) is 4.21 Å². The number of amides is 1. The Labute approximate surface area is 159 Å². The molecular formula is C18H27N3O3S2. The summed E-state index contributed by atoms with van der Waals surface area (Å²) in [5.41, 5.74) is 0. The first-order chi connectivity index (χ1) is 12.4. The highest BCUT2D eigenvalue weighted by Crippen LogP contribution is 2.30. The van der Waals surface area contributed by atoms with Gasteiger partial charge in [0, 0.05) is 38.3 Å². The van der Waals surface area contributed by atoms with E-state index < -0.39 is 10.0 Å². The van der Waals surface area contributed by atoms with Gasteiger partial charge in [-0.2, -0.15) is 4.31 Å². The molecule has 0 aliphatic carbocycles. The topological polar surface area (TPSA) is 69.7 Å². The lowest BCUT2D eigenvalue weighted by Crippen LogP contribution is -2.38. The molecule has 6 nitrogen and oxygen atoms in total. The van der Waals surface area contributed by atoms with Crippen molar-refractivity contribution in [3.8, 4) is 0 Å². The van der Waals surface area contributed by atoms with Crippen molar-refractivity contribution in [1.29, 1.82) is 0 Å². The predicted octanol–water partition coefficient (Wildman–Crippen LogP) is 2.14. The summed E-state index contributed by atoms with van der Waals surface area (Å²) in [7, 11) is -3.48. The summed E-state index contributed by atoms with van der Waals surface area (Å²) < 4.78 is 27.6. The van der Waals surface area contributed by atoms with E-state index in [4.69, 9.17) is 0 Å². The first kappa shape index (κ1) is 18.4. The van der Waals surface area contributed by atoms with Crippen molar-refractivity contribution in [1.82, 2.24) is 14.5 Å². The molecule has 1 N–H and O–H groups in total. The second kappa shape index (κ2) is 7.22. The molecule has 0 radical (unpaired) electrons. The molecular weight excluding hydrogens is 370 g/mol. The van der Waals surface area contributed by atoms with Crippen molar-refractivity contribution in [2.45, 2.75) is 55.3 Å². The summed E-state index contributed by atoms with van der Waals surface area (Å²) >= 11 is 1.12. The van der Waals surface area contributed by atoms with E-state index in [2.05, 4.69) is 12.2 Å². The molecule has 0 spiro atoms. The van der Waals surface area contributed by atoms with Gasteiger partial charge in [-0.05, 0) is 50.2 Å². The maximum atomic E-state index is 12.9. The van der Waals surface area contributed by atoms with E-state index in [1.165, 1.54) is 6.42 Å². The second-order valence-corrected chi connectivity index (χ2v) is 11.1. The predicted molar refractivity (Wildman–Crippen MR) is 102 cm³/mol. The molecule has 2 bridgehead atoms. The van der Waals surface area contributed by atoms with Crippen LogP contribution in [0.4, 0.5) is 0 Å². The van der Waals surface area contributed by atoms with Crippen LogP contribution in [-0.2, 0) is 10.0 Å². The van der Waals surface area contributed by atoms with Gasteiger partial charge in [-0.25, -0.2) is 8.42 Å². The van der Waals surface area contributed by atoms with Crippen molar-refractivity contribution in [2.24, 2.45) is 5.92 Å². The molecule has 8 heteroatoms. The van der Waals surface area contributed by atoms with Crippen molar-refractivity contribution in [3.05, 3.63) is 17.0 Å². The van der Waals surface area contributed by atoms with Gasteiger partial charge in [-0.1, -0.05) is 6.92 Å². The highest BCUT2D eigenvalue weighted by atomic mass is 32.2. The van der Waals surface area contributed by atoms with Gasteiger partial charge >= 0.3 is 0 Å². The molecule has 1 amide bonds. The van der Waals surface area contributed by atoms with Crippen LogP contribution in [0.2, 0.25) is 0 Å². The number of hydrogen-bond acceptors (Lipinski definition) is 5. The third-order valence-electron chi connectivity index (χ3n) is 5.94. The lowest BCUT2D eigenvalue weighted by molar-refractivity contribution is 0.0753. The minimum Gasteiger partial charge on any atom is -0.336 e. The summed E-state index contributed by atoms with van der Waals surface area (Å²) in [4.78, 5) is 15.3. The third kappa shape index (κ3) is 3.56. The van der Waals surface area contributed by atoms with Gasteiger partial charge in [0.2, 0.25) is 0 Å². The van der Waals surface area contributed by atoms with Gasteiger partial charge < -0.3 is 10.2 Å². The van der Waals surface area contributed by atoms with Crippen molar-refractivity contribution >= 4 is 27.3 Å². The van der Waals surface area contributed by atoms with E-state index in [0.717, 1.165) is 50.1 Å². The van der Waals surface area contributed by atoms with Crippen LogP contribution in [-0.4, -0.2) is 61.8 Å². The van der Waals surface area contributed by atoms with Gasteiger partial charge in [0.15, 0.2) is 0 Å². The maximum Gasteiger partial charge on any atom is 0.264 e. The summed E-state index contributed by atoms with van der Waals surface area (Å²) in [6.45, 7) is 4.78. The number of hydrogen-bond donors (Lipinski definition) is 1. The Morgan fingerprint density at radius 1 is 1.08 bits per heavy atom. The Bertz CT molecular complexity index is 768. The molecule has 0 saturated carbocycles. The zero-order valence-corrected chi connectivity index (χ0v) is 16.8. The fourth-order valence-corrected chi connectivity index (χ4v) is 7.11. The van der Waals surface area contributed by atoms with E-state index in [9.17, 15) is 13.2 Å². The number of fused-ring (bicyclic) bond motifs is 2. The first-order valence-electron chi connectivity index (χ1n) is 9.59. The molecule has 2 atom stereocenters. The summed E-state index contributed by atoms with van der Waals surface area (Å²) in [5, 5.41) is 3.57. The number of piperidine rings is 1. The number of nitrogens with one attached hydrogen (secondary N) is 1. The van der Waals surface area contributed by atoms with Crippen LogP contribution < -0.4 is 5.32 Å². The number of likely N-dealkylation sites (tertiary alicyclic amines) is 1. The molecule has 3 fully saturated rings. The zero-order valence-electron chi connectivity index (χ0n) is 15.2. The third-order valence-corrected chi connectivity index (χ3v) is 9.38. The number of carbonyl (C=O) groups excluding carboxylic acids is 1. The highest BCUT2D eigenvalue weighted by Gasteiger charge is 2.33. The zero-order chi connectivity index (χ0) is 18.3. The van der Waals surface area contributed by atoms with Crippen LogP contribution in [0, 0.1) is 5.92 Å². The van der Waals surface area contributed by atoms with Crippen LogP contribution in [0.3, 0.4) is 0 Å². The Morgan fingerprint density at radius 2 is 1.81 bits per heavy atom. The highest BCUT2D eigenvalue weighted by molar-refractivity contribution is 7.91. The number of rotatable bonds is 3.